The van der Waals surface area contributed by atoms with Crippen LogP contribution >= 0.6 is 0 Å². The van der Waals surface area contributed by atoms with Gasteiger partial charge >= 0.3 is 0 Å². The molecule has 0 aromatic heterocycles. The highest BCUT2D eigenvalue weighted by Crippen LogP contribution is 2.56. The number of carbonyl (C=O) groups is 1. The average Bonchev–Trinajstić information content (AvgIpc) is 2.56. The van der Waals surface area contributed by atoms with Gasteiger partial charge in [0.25, 0.3) is 0 Å². The van der Waals surface area contributed by atoms with Gasteiger partial charge in [-0.2, -0.15) is 0 Å². The Balaban J connectivity index is 2.16. The summed E-state index contributed by atoms with van der Waals surface area (Å²) in [5.74, 6) is -0.390. The number of phenolic OH excluding ortho intramolecular Hbond substituents is 2. The molecule has 1 aromatic carbocycles. The zero-order valence-electron chi connectivity index (χ0n) is 16.3. The minimum atomic E-state index is -0.555. The molecule has 1 aromatic rings. The zero-order valence-corrected chi connectivity index (χ0v) is 16.3. The summed E-state index contributed by atoms with van der Waals surface area (Å²) in [5, 5.41) is 31.3. The monoisotopic (exact) mass is 362 g/mol. The number of phenols is 2. The van der Waals surface area contributed by atoms with E-state index >= 15 is 0 Å². The van der Waals surface area contributed by atoms with Gasteiger partial charge in [0.05, 0.1) is 6.10 Å². The fourth-order valence-electron chi connectivity index (χ4n) is 4.68. The molecule has 0 radical (unpaired) electrons. The molecule has 1 aliphatic carbocycles. The highest BCUT2D eigenvalue weighted by Gasteiger charge is 2.55. The van der Waals surface area contributed by atoms with Crippen LogP contribution in [0.4, 0.5) is 0 Å². The SMILES string of the molecule is CCC(C)C(=O)c1c(O)cc(O)c2c1O[C@]1(C)CC[C@@H](O)C(C)(C)[C@H]1C2. The molecule has 144 valence electrons. The fraction of sp³-hybridized carbons (Fsp3) is 0.667. The number of carbonyl (C=O) groups excluding carboxylic acids is 1. The van der Waals surface area contributed by atoms with E-state index in [1.807, 2.05) is 34.6 Å². The van der Waals surface area contributed by atoms with Crippen LogP contribution in [0.25, 0.3) is 0 Å². The lowest BCUT2D eigenvalue weighted by Crippen LogP contribution is -2.58. The number of Topliss-reactive ketones (excluding diaryl/α,β-unsaturated/α-hetero) is 1. The summed E-state index contributed by atoms with van der Waals surface area (Å²) in [7, 11) is 0. The van der Waals surface area contributed by atoms with Crippen LogP contribution in [-0.4, -0.2) is 32.8 Å². The molecule has 26 heavy (non-hydrogen) atoms. The van der Waals surface area contributed by atoms with Crippen LogP contribution in [0.2, 0.25) is 0 Å². The van der Waals surface area contributed by atoms with E-state index in [4.69, 9.17) is 4.74 Å². The summed E-state index contributed by atoms with van der Waals surface area (Å²) < 4.78 is 6.36. The zero-order chi connectivity index (χ0) is 19.4. The van der Waals surface area contributed by atoms with Crippen LogP contribution < -0.4 is 4.74 Å². The van der Waals surface area contributed by atoms with Gasteiger partial charge in [-0.05, 0) is 38.0 Å². The molecule has 0 spiro atoms. The molecule has 0 saturated heterocycles. The third-order valence-corrected chi connectivity index (χ3v) is 6.80. The molecule has 5 heteroatoms. The smallest absolute Gasteiger partial charge is 0.173 e. The lowest BCUT2D eigenvalue weighted by Gasteiger charge is -2.55. The molecule has 0 amide bonds. The third kappa shape index (κ3) is 2.68. The van der Waals surface area contributed by atoms with Crippen molar-refractivity contribution in [3.8, 4) is 17.2 Å². The van der Waals surface area contributed by atoms with Crippen LogP contribution in [-0.2, 0) is 6.42 Å². The van der Waals surface area contributed by atoms with Gasteiger partial charge in [0.1, 0.15) is 28.4 Å². The van der Waals surface area contributed by atoms with Crippen molar-refractivity contribution in [1.82, 2.24) is 0 Å². The predicted molar refractivity (Wildman–Crippen MR) is 98.8 cm³/mol. The van der Waals surface area contributed by atoms with Crippen molar-refractivity contribution in [2.75, 3.05) is 0 Å². The number of aliphatic hydroxyl groups is 1. The van der Waals surface area contributed by atoms with Crippen LogP contribution in [0.5, 0.6) is 17.2 Å². The summed E-state index contributed by atoms with van der Waals surface area (Å²) >= 11 is 0. The molecule has 4 atom stereocenters. The molecule has 1 unspecified atom stereocenters. The molecule has 1 saturated carbocycles. The standard InChI is InChI=1S/C21H30O5/c1-6-11(2)18(25)17-14(23)10-13(22)12-9-15-20(3,4)16(24)7-8-21(15,5)26-19(12)17/h10-11,15-16,22-24H,6-9H2,1-5H3/t11?,15-,16-,21-/m1/s1. The quantitative estimate of drug-likeness (QED) is 0.712. The molecule has 3 N–H and O–H groups in total. The first-order valence-corrected chi connectivity index (χ1v) is 9.52. The predicted octanol–water partition coefficient (Wildman–Crippen LogP) is 3.82. The number of fused-ring (bicyclic) bond motifs is 2. The lowest BCUT2D eigenvalue weighted by atomic mass is 9.57. The number of hydrogen-bond donors (Lipinski definition) is 3. The Kier molecular flexibility index (Phi) is 4.50. The van der Waals surface area contributed by atoms with Crippen molar-refractivity contribution in [1.29, 1.82) is 0 Å². The highest BCUT2D eigenvalue weighted by atomic mass is 16.5. The number of benzene rings is 1. The van der Waals surface area contributed by atoms with Gasteiger partial charge in [0.15, 0.2) is 5.78 Å². The molecule has 1 fully saturated rings. The van der Waals surface area contributed by atoms with E-state index in [9.17, 15) is 20.1 Å². The molecular weight excluding hydrogens is 332 g/mol. The normalized spacial score (nSPS) is 30.7. The molecule has 3 rings (SSSR count). The summed E-state index contributed by atoms with van der Waals surface area (Å²) in [5.41, 5.74) is -0.203. The van der Waals surface area contributed by atoms with Crippen molar-refractivity contribution in [2.45, 2.75) is 72.0 Å². The number of rotatable bonds is 3. The number of ketones is 1. The second kappa shape index (κ2) is 6.15. The Hall–Kier alpha value is -1.75. The topological polar surface area (TPSA) is 87.0 Å². The Morgan fingerprint density at radius 2 is 1.96 bits per heavy atom. The van der Waals surface area contributed by atoms with E-state index in [0.29, 0.717) is 37.0 Å². The van der Waals surface area contributed by atoms with E-state index in [1.54, 1.807) is 0 Å². The summed E-state index contributed by atoms with van der Waals surface area (Å²) in [6.45, 7) is 9.81. The second-order valence-corrected chi connectivity index (χ2v) is 8.82. The van der Waals surface area contributed by atoms with Crippen LogP contribution in [0, 0.1) is 17.3 Å². The summed E-state index contributed by atoms with van der Waals surface area (Å²) in [6.07, 6.45) is 2.01. The number of hydrogen-bond acceptors (Lipinski definition) is 5. The van der Waals surface area contributed by atoms with Crippen LogP contribution in [0.15, 0.2) is 6.07 Å². The molecule has 2 aliphatic rings. The van der Waals surface area contributed by atoms with Gasteiger partial charge in [0, 0.05) is 23.5 Å². The molecule has 1 aliphatic heterocycles. The molecule has 0 bridgehead atoms. The van der Waals surface area contributed by atoms with Gasteiger partial charge in [-0.1, -0.05) is 27.7 Å². The second-order valence-electron chi connectivity index (χ2n) is 8.82. The van der Waals surface area contributed by atoms with Crippen molar-refractivity contribution < 1.29 is 24.9 Å². The van der Waals surface area contributed by atoms with Crippen LogP contribution in [0.1, 0.15) is 69.8 Å². The largest absolute Gasteiger partial charge is 0.507 e. The Bertz CT molecular complexity index is 738. The maximum absolute atomic E-state index is 12.9. The van der Waals surface area contributed by atoms with Gasteiger partial charge in [-0.25, -0.2) is 0 Å². The van der Waals surface area contributed by atoms with Gasteiger partial charge in [0.2, 0.25) is 0 Å². The van der Waals surface area contributed by atoms with E-state index in [0.717, 1.165) is 0 Å². The summed E-state index contributed by atoms with van der Waals surface area (Å²) in [4.78, 5) is 12.9. The number of aromatic hydroxyl groups is 2. The van der Waals surface area contributed by atoms with Crippen molar-refractivity contribution in [3.63, 3.8) is 0 Å². The maximum Gasteiger partial charge on any atom is 0.173 e. The van der Waals surface area contributed by atoms with Crippen LogP contribution in [0.3, 0.4) is 0 Å². The Labute approximate surface area is 155 Å². The number of aliphatic hydroxyl groups excluding tert-OH is 1. The average molecular weight is 362 g/mol. The molecular formula is C21H30O5. The minimum absolute atomic E-state index is 0.00626. The maximum atomic E-state index is 12.9. The Morgan fingerprint density at radius 1 is 1.31 bits per heavy atom. The van der Waals surface area contributed by atoms with E-state index in [-0.39, 0.29) is 40.1 Å². The van der Waals surface area contributed by atoms with Gasteiger partial charge < -0.3 is 20.1 Å². The lowest BCUT2D eigenvalue weighted by molar-refractivity contribution is -0.138. The highest BCUT2D eigenvalue weighted by molar-refractivity contribution is 6.03. The third-order valence-electron chi connectivity index (χ3n) is 6.80. The van der Waals surface area contributed by atoms with Gasteiger partial charge in [-0.15, -0.1) is 0 Å². The first kappa shape index (κ1) is 19.0. The molecule has 1 heterocycles. The number of ether oxygens (including phenoxy) is 1. The van der Waals surface area contributed by atoms with E-state index < -0.39 is 11.7 Å². The first-order chi connectivity index (χ1) is 12.0. The van der Waals surface area contributed by atoms with E-state index in [1.165, 1.54) is 6.07 Å². The molecule has 5 nitrogen and oxygen atoms in total. The Morgan fingerprint density at radius 3 is 2.58 bits per heavy atom. The fourth-order valence-corrected chi connectivity index (χ4v) is 4.68. The van der Waals surface area contributed by atoms with Crippen molar-refractivity contribution in [3.05, 3.63) is 17.2 Å². The van der Waals surface area contributed by atoms with E-state index in [2.05, 4.69) is 0 Å². The minimum Gasteiger partial charge on any atom is -0.507 e. The van der Waals surface area contributed by atoms with Crippen molar-refractivity contribution in [2.24, 2.45) is 17.3 Å². The van der Waals surface area contributed by atoms with Gasteiger partial charge in [-0.3, -0.25) is 4.79 Å². The summed E-state index contributed by atoms with van der Waals surface area (Å²) in [6, 6.07) is 1.24. The first-order valence-electron chi connectivity index (χ1n) is 9.52. The van der Waals surface area contributed by atoms with Crippen molar-refractivity contribution >= 4 is 5.78 Å².